The zero-order chi connectivity index (χ0) is 18.3. The van der Waals surface area contributed by atoms with Crippen LogP contribution < -0.4 is 4.74 Å². The van der Waals surface area contributed by atoms with E-state index < -0.39 is 0 Å². The Balaban J connectivity index is 1.36. The van der Waals surface area contributed by atoms with Gasteiger partial charge in [-0.3, -0.25) is 4.90 Å². The number of morpholine rings is 1. The smallest absolute Gasteiger partial charge is 0.181 e. The third-order valence-corrected chi connectivity index (χ3v) is 4.75. The van der Waals surface area contributed by atoms with E-state index in [1.165, 1.54) is 12.0 Å². The third-order valence-electron chi connectivity index (χ3n) is 4.75. The summed E-state index contributed by atoms with van der Waals surface area (Å²) >= 11 is 0. The molecule has 2 heterocycles. The summed E-state index contributed by atoms with van der Waals surface area (Å²) in [4.78, 5) is 6.76. The van der Waals surface area contributed by atoms with E-state index in [1.807, 2.05) is 42.5 Å². The molecule has 0 aliphatic carbocycles. The Morgan fingerprint density at radius 1 is 0.963 bits per heavy atom. The maximum Gasteiger partial charge on any atom is 0.181 e. The van der Waals surface area contributed by atoms with Gasteiger partial charge in [0.05, 0.1) is 18.9 Å². The molecule has 0 radical (unpaired) electrons. The van der Waals surface area contributed by atoms with Crippen molar-refractivity contribution in [3.05, 3.63) is 72.2 Å². The fourth-order valence-electron chi connectivity index (χ4n) is 3.24. The highest BCUT2D eigenvalue weighted by molar-refractivity contribution is 5.61. The van der Waals surface area contributed by atoms with Crippen molar-refractivity contribution in [2.24, 2.45) is 0 Å². The first-order valence-corrected chi connectivity index (χ1v) is 9.38. The molecule has 3 aromatic rings. The first-order chi connectivity index (χ1) is 13.4. The van der Waals surface area contributed by atoms with Crippen LogP contribution in [0.3, 0.4) is 0 Å². The van der Waals surface area contributed by atoms with Gasteiger partial charge < -0.3 is 13.9 Å². The highest BCUT2D eigenvalue weighted by Crippen LogP contribution is 2.27. The number of benzene rings is 2. The molecule has 140 valence electrons. The number of hydrogen-bond donors (Lipinski definition) is 0. The lowest BCUT2D eigenvalue weighted by molar-refractivity contribution is 0.0322. The Bertz CT molecular complexity index is 824. The van der Waals surface area contributed by atoms with Gasteiger partial charge in [-0.05, 0) is 29.8 Å². The molecule has 0 spiro atoms. The molecule has 1 aliphatic heterocycles. The second kappa shape index (κ2) is 8.84. The van der Waals surface area contributed by atoms with Crippen LogP contribution in [0.1, 0.15) is 11.3 Å². The molecule has 0 N–H and O–H groups in total. The number of aromatic nitrogens is 1. The maximum absolute atomic E-state index is 5.88. The Labute approximate surface area is 159 Å². The topological polar surface area (TPSA) is 47.7 Å². The molecule has 0 bridgehead atoms. The van der Waals surface area contributed by atoms with Gasteiger partial charge in [-0.15, -0.1) is 0 Å². The minimum absolute atomic E-state index is 0.681. The van der Waals surface area contributed by atoms with Crippen LogP contribution >= 0.6 is 0 Å². The van der Waals surface area contributed by atoms with Crippen LogP contribution in [0.2, 0.25) is 0 Å². The van der Waals surface area contributed by atoms with Crippen LogP contribution in [0, 0.1) is 0 Å². The van der Waals surface area contributed by atoms with Crippen LogP contribution in [-0.4, -0.2) is 49.3 Å². The summed E-state index contributed by atoms with van der Waals surface area (Å²) in [5, 5.41) is 0. The normalized spacial score (nSPS) is 15.0. The van der Waals surface area contributed by atoms with Crippen molar-refractivity contribution in [3.8, 4) is 17.1 Å². The molecule has 2 aromatic carbocycles. The van der Waals surface area contributed by atoms with Crippen molar-refractivity contribution in [2.75, 3.05) is 39.5 Å². The monoisotopic (exact) mass is 364 g/mol. The fourth-order valence-corrected chi connectivity index (χ4v) is 3.24. The summed E-state index contributed by atoms with van der Waals surface area (Å²) in [5.74, 6) is 1.69. The molecule has 4 rings (SSSR count). The van der Waals surface area contributed by atoms with Gasteiger partial charge in [-0.25, -0.2) is 4.98 Å². The zero-order valence-electron chi connectivity index (χ0n) is 15.3. The number of hydrogen-bond acceptors (Lipinski definition) is 5. The van der Waals surface area contributed by atoms with E-state index in [0.717, 1.165) is 62.0 Å². The lowest BCUT2D eigenvalue weighted by atomic mass is 10.1. The number of ether oxygens (including phenoxy) is 2. The van der Waals surface area contributed by atoms with Crippen LogP contribution in [0.4, 0.5) is 0 Å². The molecule has 0 atom stereocenters. The first kappa shape index (κ1) is 17.8. The van der Waals surface area contributed by atoms with Crippen molar-refractivity contribution in [3.63, 3.8) is 0 Å². The van der Waals surface area contributed by atoms with Crippen LogP contribution in [0.15, 0.2) is 65.4 Å². The molecule has 5 heteroatoms. The highest BCUT2D eigenvalue weighted by Gasteiger charge is 2.12. The minimum atomic E-state index is 0.681. The van der Waals surface area contributed by atoms with Gasteiger partial charge in [-0.1, -0.05) is 30.3 Å². The second-order valence-electron chi connectivity index (χ2n) is 6.62. The van der Waals surface area contributed by atoms with E-state index >= 15 is 0 Å². The minimum Gasteiger partial charge on any atom is -0.492 e. The Hall–Kier alpha value is -2.63. The van der Waals surface area contributed by atoms with Gasteiger partial charge in [0, 0.05) is 31.6 Å². The van der Waals surface area contributed by atoms with Crippen molar-refractivity contribution >= 4 is 0 Å². The van der Waals surface area contributed by atoms with Gasteiger partial charge in [0.2, 0.25) is 0 Å². The van der Waals surface area contributed by atoms with E-state index in [-0.39, 0.29) is 0 Å². The average Bonchev–Trinajstić information content (AvgIpc) is 3.18. The maximum atomic E-state index is 5.88. The van der Waals surface area contributed by atoms with E-state index in [2.05, 4.69) is 22.0 Å². The van der Waals surface area contributed by atoms with Gasteiger partial charge >= 0.3 is 0 Å². The summed E-state index contributed by atoms with van der Waals surface area (Å²) in [6, 6.07) is 18.3. The average molecular weight is 364 g/mol. The van der Waals surface area contributed by atoms with Crippen molar-refractivity contribution < 1.29 is 13.9 Å². The Morgan fingerprint density at radius 3 is 2.52 bits per heavy atom. The molecule has 1 saturated heterocycles. The van der Waals surface area contributed by atoms with Crippen molar-refractivity contribution in [1.29, 1.82) is 0 Å². The van der Waals surface area contributed by atoms with Crippen LogP contribution in [0.5, 0.6) is 5.75 Å². The lowest BCUT2D eigenvalue weighted by Crippen LogP contribution is -2.38. The fraction of sp³-hybridized carbons (Fsp3) is 0.318. The molecule has 0 saturated carbocycles. The zero-order valence-corrected chi connectivity index (χ0v) is 15.3. The summed E-state index contributed by atoms with van der Waals surface area (Å²) in [6.45, 7) is 5.21. The van der Waals surface area contributed by atoms with Gasteiger partial charge in [0.25, 0.3) is 0 Å². The standard InChI is InChI=1S/C22H24N2O3/c1-2-4-18(5-3-1)16-21-22(27-17-23-21)19-6-8-20(9-7-19)26-15-12-24-10-13-25-14-11-24/h1-9,17H,10-16H2. The summed E-state index contributed by atoms with van der Waals surface area (Å²) in [5.41, 5.74) is 3.18. The molecular formula is C22H24N2O3. The number of nitrogens with zero attached hydrogens (tertiary/aromatic N) is 2. The number of rotatable bonds is 7. The summed E-state index contributed by atoms with van der Waals surface area (Å²) in [6.07, 6.45) is 2.27. The van der Waals surface area contributed by atoms with Crippen LogP contribution in [-0.2, 0) is 11.2 Å². The predicted octanol–water partition coefficient (Wildman–Crippen LogP) is 3.64. The van der Waals surface area contributed by atoms with Crippen LogP contribution in [0.25, 0.3) is 11.3 Å². The third kappa shape index (κ3) is 4.76. The quantitative estimate of drug-likeness (QED) is 0.640. The van der Waals surface area contributed by atoms with E-state index in [1.54, 1.807) is 0 Å². The summed E-state index contributed by atoms with van der Waals surface area (Å²) in [7, 11) is 0. The van der Waals surface area contributed by atoms with Gasteiger partial charge in [-0.2, -0.15) is 0 Å². The molecule has 1 aliphatic rings. The van der Waals surface area contributed by atoms with Crippen molar-refractivity contribution in [2.45, 2.75) is 6.42 Å². The van der Waals surface area contributed by atoms with Gasteiger partial charge in [0.15, 0.2) is 12.2 Å². The molecule has 1 fully saturated rings. The highest BCUT2D eigenvalue weighted by atomic mass is 16.5. The first-order valence-electron chi connectivity index (χ1n) is 9.38. The molecule has 5 nitrogen and oxygen atoms in total. The van der Waals surface area contributed by atoms with E-state index in [0.29, 0.717) is 6.61 Å². The van der Waals surface area contributed by atoms with Gasteiger partial charge in [0.1, 0.15) is 12.4 Å². The number of oxazole rings is 1. The molecule has 0 unspecified atom stereocenters. The largest absolute Gasteiger partial charge is 0.492 e. The Kier molecular flexibility index (Phi) is 5.82. The molecule has 27 heavy (non-hydrogen) atoms. The second-order valence-corrected chi connectivity index (χ2v) is 6.62. The Morgan fingerprint density at radius 2 is 1.74 bits per heavy atom. The summed E-state index contributed by atoms with van der Waals surface area (Å²) < 4.78 is 16.9. The molecule has 0 amide bonds. The molecular weight excluding hydrogens is 340 g/mol. The van der Waals surface area contributed by atoms with E-state index in [9.17, 15) is 0 Å². The van der Waals surface area contributed by atoms with Crippen molar-refractivity contribution in [1.82, 2.24) is 9.88 Å². The lowest BCUT2D eigenvalue weighted by Gasteiger charge is -2.26. The van der Waals surface area contributed by atoms with E-state index in [4.69, 9.17) is 13.9 Å². The predicted molar refractivity (Wildman–Crippen MR) is 104 cm³/mol. The SMILES string of the molecule is c1ccc(Cc2ncoc2-c2ccc(OCCN3CCOCC3)cc2)cc1. The molecule has 1 aromatic heterocycles.